The first kappa shape index (κ1) is 26.5. The summed E-state index contributed by atoms with van der Waals surface area (Å²) in [5, 5.41) is 16.0. The first-order chi connectivity index (χ1) is 13.6. The molecule has 10 N–H and O–H groups in total. The smallest absolute Gasteiger partial charge is 0.325 e. The Hall–Kier alpha value is -2.54. The van der Waals surface area contributed by atoms with E-state index in [2.05, 4.69) is 20.9 Å². The minimum Gasteiger partial charge on any atom is -0.480 e. The molecule has 13 heteroatoms. The van der Waals surface area contributed by atoms with Crippen LogP contribution in [0.1, 0.15) is 26.2 Å². The fraction of sp³-hybridized carbons (Fsp3) is 0.688. The van der Waals surface area contributed by atoms with Crippen LogP contribution in [0.25, 0.3) is 0 Å². The molecule has 0 spiro atoms. The van der Waals surface area contributed by atoms with Gasteiger partial charge in [0.15, 0.2) is 5.96 Å². The molecule has 3 unspecified atom stereocenters. The van der Waals surface area contributed by atoms with Crippen LogP contribution >= 0.6 is 11.8 Å². The molecule has 0 aromatic carbocycles. The fourth-order valence-electron chi connectivity index (χ4n) is 2.08. The summed E-state index contributed by atoms with van der Waals surface area (Å²) in [5.74, 6) is -2.35. The van der Waals surface area contributed by atoms with Crippen LogP contribution in [0.5, 0.6) is 0 Å². The lowest BCUT2D eigenvalue weighted by molar-refractivity contribution is -0.141. The Morgan fingerprint density at radius 2 is 1.76 bits per heavy atom. The van der Waals surface area contributed by atoms with Gasteiger partial charge in [-0.3, -0.25) is 24.2 Å². The maximum atomic E-state index is 12.3. The number of carboxylic acid groups (broad SMARTS) is 1. The van der Waals surface area contributed by atoms with Gasteiger partial charge in [-0.05, 0) is 38.2 Å². The zero-order chi connectivity index (χ0) is 22.4. The number of hydrogen-bond donors (Lipinski definition) is 7. The molecule has 3 amide bonds. The van der Waals surface area contributed by atoms with Gasteiger partial charge < -0.3 is 38.3 Å². The molecule has 0 aromatic rings. The highest BCUT2D eigenvalue weighted by molar-refractivity contribution is 7.98. The predicted octanol–water partition coefficient (Wildman–Crippen LogP) is -2.69. The van der Waals surface area contributed by atoms with Crippen LogP contribution in [-0.4, -0.2) is 78.0 Å². The molecule has 0 saturated heterocycles. The van der Waals surface area contributed by atoms with Gasteiger partial charge in [-0.15, -0.1) is 0 Å². The molecule has 0 aromatic heterocycles. The van der Waals surface area contributed by atoms with Crippen molar-refractivity contribution in [3.8, 4) is 0 Å². The Morgan fingerprint density at radius 3 is 2.31 bits per heavy atom. The molecule has 0 bridgehead atoms. The standard InChI is InChI=1S/C16H31N7O5S/c1-9(15(27)28)22-12(24)8-21-14(26)11(5-7-29-2)23-13(25)10(17)4-3-6-20-16(18)19/h9-11H,3-8,17H2,1-2H3,(H,21,26)(H,22,24)(H,23,25)(H,27,28)(H4,18,19,20). The molecule has 0 saturated carbocycles. The number of hydrogen-bond acceptors (Lipinski definition) is 7. The van der Waals surface area contributed by atoms with Gasteiger partial charge in [0, 0.05) is 6.54 Å². The number of guanidine groups is 1. The lowest BCUT2D eigenvalue weighted by atomic mass is 10.1. The fourth-order valence-corrected chi connectivity index (χ4v) is 2.55. The summed E-state index contributed by atoms with van der Waals surface area (Å²) >= 11 is 1.49. The number of thioether (sulfide) groups is 1. The van der Waals surface area contributed by atoms with E-state index in [1.807, 2.05) is 6.26 Å². The van der Waals surface area contributed by atoms with Gasteiger partial charge in [0.2, 0.25) is 17.7 Å². The van der Waals surface area contributed by atoms with Gasteiger partial charge in [0.05, 0.1) is 12.6 Å². The summed E-state index contributed by atoms with van der Waals surface area (Å²) < 4.78 is 0. The zero-order valence-corrected chi connectivity index (χ0v) is 17.5. The zero-order valence-electron chi connectivity index (χ0n) is 16.6. The molecule has 0 fully saturated rings. The number of carboxylic acids is 1. The third kappa shape index (κ3) is 12.5. The molecule has 0 aliphatic carbocycles. The van der Waals surface area contributed by atoms with Crippen molar-refractivity contribution in [2.24, 2.45) is 22.2 Å². The third-order valence-electron chi connectivity index (χ3n) is 3.72. The number of rotatable bonds is 14. The largest absolute Gasteiger partial charge is 0.480 e. The van der Waals surface area contributed by atoms with Crippen molar-refractivity contribution in [3.05, 3.63) is 0 Å². The molecular weight excluding hydrogens is 402 g/mol. The highest BCUT2D eigenvalue weighted by atomic mass is 32.2. The summed E-state index contributed by atoms with van der Waals surface area (Å²) in [6.45, 7) is 1.23. The maximum absolute atomic E-state index is 12.3. The molecule has 12 nitrogen and oxygen atoms in total. The van der Waals surface area contributed by atoms with Crippen molar-refractivity contribution < 1.29 is 24.3 Å². The topological polar surface area (TPSA) is 215 Å². The molecule has 0 rings (SSSR count). The highest BCUT2D eigenvalue weighted by Crippen LogP contribution is 2.03. The lowest BCUT2D eigenvalue weighted by Crippen LogP contribution is -2.53. The number of nitrogens with zero attached hydrogens (tertiary/aromatic N) is 1. The number of nitrogens with two attached hydrogens (primary N) is 3. The number of aliphatic carboxylic acids is 1. The average Bonchev–Trinajstić information content (AvgIpc) is 2.65. The highest BCUT2D eigenvalue weighted by Gasteiger charge is 2.24. The van der Waals surface area contributed by atoms with E-state index in [0.717, 1.165) is 0 Å². The van der Waals surface area contributed by atoms with E-state index in [9.17, 15) is 19.2 Å². The number of aliphatic imine (C=N–C) groups is 1. The van der Waals surface area contributed by atoms with Gasteiger partial charge >= 0.3 is 5.97 Å². The van der Waals surface area contributed by atoms with Gasteiger partial charge in [-0.2, -0.15) is 11.8 Å². The molecule has 0 aliphatic rings. The van der Waals surface area contributed by atoms with E-state index >= 15 is 0 Å². The molecule has 3 atom stereocenters. The Labute approximate surface area is 173 Å². The summed E-state index contributed by atoms with van der Waals surface area (Å²) in [6.07, 6.45) is 3.02. The number of amides is 3. The molecule has 166 valence electrons. The van der Waals surface area contributed by atoms with Crippen LogP contribution in [0.3, 0.4) is 0 Å². The normalized spacial score (nSPS) is 13.5. The number of carbonyl (C=O) groups is 4. The minimum atomic E-state index is -1.19. The number of nitrogens with one attached hydrogen (secondary N) is 3. The Balaban J connectivity index is 4.62. The quantitative estimate of drug-likeness (QED) is 0.0861. The minimum absolute atomic E-state index is 0.0430. The van der Waals surface area contributed by atoms with Crippen molar-refractivity contribution in [2.75, 3.05) is 25.1 Å². The van der Waals surface area contributed by atoms with E-state index in [4.69, 9.17) is 22.3 Å². The van der Waals surface area contributed by atoms with Crippen LogP contribution in [-0.2, 0) is 19.2 Å². The van der Waals surface area contributed by atoms with Crippen LogP contribution in [0, 0.1) is 0 Å². The summed E-state index contributed by atoms with van der Waals surface area (Å²) in [6, 6.07) is -2.79. The van der Waals surface area contributed by atoms with Crippen LogP contribution in [0.2, 0.25) is 0 Å². The molecule has 29 heavy (non-hydrogen) atoms. The van der Waals surface area contributed by atoms with Gasteiger partial charge in [-0.1, -0.05) is 0 Å². The van der Waals surface area contributed by atoms with Gasteiger partial charge in [-0.25, -0.2) is 0 Å². The Bertz CT molecular complexity index is 598. The van der Waals surface area contributed by atoms with Crippen molar-refractivity contribution in [2.45, 2.75) is 44.3 Å². The second-order valence-corrected chi connectivity index (χ2v) is 7.23. The van der Waals surface area contributed by atoms with Crippen molar-refractivity contribution >= 4 is 41.4 Å². The monoisotopic (exact) mass is 433 g/mol. The summed E-state index contributed by atoms with van der Waals surface area (Å²) in [7, 11) is 0. The first-order valence-electron chi connectivity index (χ1n) is 8.98. The average molecular weight is 434 g/mol. The second kappa shape index (κ2) is 14.5. The molecule has 0 radical (unpaired) electrons. The summed E-state index contributed by atoms with van der Waals surface area (Å²) in [4.78, 5) is 50.8. The lowest BCUT2D eigenvalue weighted by Gasteiger charge is -2.20. The first-order valence-corrected chi connectivity index (χ1v) is 10.4. The van der Waals surface area contributed by atoms with Gasteiger partial charge in [0.25, 0.3) is 0 Å². The second-order valence-electron chi connectivity index (χ2n) is 6.24. The van der Waals surface area contributed by atoms with Crippen LogP contribution < -0.4 is 33.2 Å². The maximum Gasteiger partial charge on any atom is 0.325 e. The van der Waals surface area contributed by atoms with Crippen molar-refractivity contribution in [3.63, 3.8) is 0 Å². The third-order valence-corrected chi connectivity index (χ3v) is 4.36. The van der Waals surface area contributed by atoms with E-state index < -0.39 is 48.4 Å². The van der Waals surface area contributed by atoms with Crippen molar-refractivity contribution in [1.82, 2.24) is 16.0 Å². The van der Waals surface area contributed by atoms with E-state index in [-0.39, 0.29) is 5.96 Å². The molecule has 0 heterocycles. The van der Waals surface area contributed by atoms with Gasteiger partial charge in [0.1, 0.15) is 12.1 Å². The SMILES string of the molecule is CSCCC(NC(=O)C(N)CCCN=C(N)N)C(=O)NCC(=O)NC(C)C(=O)O. The Morgan fingerprint density at radius 1 is 1.10 bits per heavy atom. The Kier molecular flexibility index (Phi) is 13.2. The molecular formula is C16H31N7O5S. The van der Waals surface area contributed by atoms with E-state index in [0.29, 0.717) is 31.6 Å². The molecule has 0 aliphatic heterocycles. The predicted molar refractivity (Wildman–Crippen MR) is 111 cm³/mol. The van der Waals surface area contributed by atoms with Crippen LogP contribution in [0.15, 0.2) is 4.99 Å². The van der Waals surface area contributed by atoms with Crippen molar-refractivity contribution in [1.29, 1.82) is 0 Å². The van der Waals surface area contributed by atoms with E-state index in [1.165, 1.54) is 18.7 Å². The number of carbonyl (C=O) groups excluding carboxylic acids is 3. The summed E-state index contributed by atoms with van der Waals surface area (Å²) in [5.41, 5.74) is 16.3. The van der Waals surface area contributed by atoms with Crippen LogP contribution in [0.4, 0.5) is 0 Å². The van der Waals surface area contributed by atoms with E-state index in [1.54, 1.807) is 0 Å².